The Morgan fingerprint density at radius 3 is 2.83 bits per heavy atom. The van der Waals surface area contributed by atoms with Crippen LogP contribution in [0.15, 0.2) is 28.7 Å². The summed E-state index contributed by atoms with van der Waals surface area (Å²) in [6.45, 7) is 3.40. The number of halogens is 1. The van der Waals surface area contributed by atoms with Crippen LogP contribution in [0, 0.1) is 5.92 Å². The second kappa shape index (κ2) is 7.54. The van der Waals surface area contributed by atoms with Gasteiger partial charge in [-0.05, 0) is 36.6 Å². The van der Waals surface area contributed by atoms with Crippen molar-refractivity contribution in [3.63, 3.8) is 0 Å². The number of aryl methyl sites for hydroxylation is 1. The zero-order valence-electron chi connectivity index (χ0n) is 11.0. The molecule has 0 aliphatic heterocycles. The summed E-state index contributed by atoms with van der Waals surface area (Å²) < 4.78 is 1.05. The van der Waals surface area contributed by atoms with Crippen LogP contribution in [0.3, 0.4) is 0 Å². The van der Waals surface area contributed by atoms with E-state index in [0.29, 0.717) is 18.9 Å². The average Bonchev–Trinajstić information content (AvgIpc) is 2.35. The third-order valence-corrected chi connectivity index (χ3v) is 3.42. The van der Waals surface area contributed by atoms with E-state index in [1.165, 1.54) is 5.56 Å². The number of nitrogens with two attached hydrogens (primary N) is 1. The van der Waals surface area contributed by atoms with E-state index in [1.54, 1.807) is 4.90 Å². The van der Waals surface area contributed by atoms with Gasteiger partial charge in [0.05, 0.1) is 0 Å². The molecule has 2 N–H and O–H groups in total. The molecule has 0 saturated carbocycles. The predicted octanol–water partition coefficient (Wildman–Crippen LogP) is 2.43. The molecule has 1 amide bonds. The molecule has 18 heavy (non-hydrogen) atoms. The van der Waals surface area contributed by atoms with Crippen molar-refractivity contribution < 1.29 is 4.79 Å². The maximum atomic E-state index is 11.9. The zero-order chi connectivity index (χ0) is 13.5. The van der Waals surface area contributed by atoms with Gasteiger partial charge >= 0.3 is 0 Å². The molecule has 0 saturated heterocycles. The number of benzene rings is 1. The Morgan fingerprint density at radius 2 is 2.22 bits per heavy atom. The Hall–Kier alpha value is -0.870. The molecule has 100 valence electrons. The number of carbonyl (C=O) groups excluding carboxylic acids is 1. The van der Waals surface area contributed by atoms with Gasteiger partial charge in [-0.3, -0.25) is 4.79 Å². The third-order valence-electron chi connectivity index (χ3n) is 2.93. The van der Waals surface area contributed by atoms with E-state index in [2.05, 4.69) is 28.9 Å². The smallest absolute Gasteiger partial charge is 0.222 e. The highest BCUT2D eigenvalue weighted by molar-refractivity contribution is 9.10. The van der Waals surface area contributed by atoms with Gasteiger partial charge in [-0.2, -0.15) is 0 Å². The molecule has 4 heteroatoms. The molecule has 0 aliphatic rings. The van der Waals surface area contributed by atoms with Crippen molar-refractivity contribution in [1.82, 2.24) is 4.90 Å². The molecule has 0 fully saturated rings. The van der Waals surface area contributed by atoms with Crippen LogP contribution >= 0.6 is 15.9 Å². The van der Waals surface area contributed by atoms with Crippen molar-refractivity contribution >= 4 is 21.8 Å². The minimum Gasteiger partial charge on any atom is -0.345 e. The Bertz CT molecular complexity index is 395. The molecule has 1 atom stereocenters. The fourth-order valence-electron chi connectivity index (χ4n) is 1.78. The lowest BCUT2D eigenvalue weighted by Crippen LogP contribution is -2.33. The van der Waals surface area contributed by atoms with Crippen molar-refractivity contribution in [2.75, 3.05) is 20.1 Å². The van der Waals surface area contributed by atoms with E-state index in [0.717, 1.165) is 17.4 Å². The van der Waals surface area contributed by atoms with Crippen molar-refractivity contribution in [3.05, 3.63) is 34.3 Å². The minimum atomic E-state index is 0.176. The molecule has 0 heterocycles. The SMILES string of the molecule is CC(CN)CN(C)C(=O)CCc1cccc(Br)c1. The van der Waals surface area contributed by atoms with Gasteiger partial charge in [-0.15, -0.1) is 0 Å². The van der Waals surface area contributed by atoms with Crippen molar-refractivity contribution in [3.8, 4) is 0 Å². The Balaban J connectivity index is 2.41. The number of amides is 1. The van der Waals surface area contributed by atoms with Crippen molar-refractivity contribution in [2.45, 2.75) is 19.8 Å². The molecule has 3 nitrogen and oxygen atoms in total. The molecule has 0 spiro atoms. The van der Waals surface area contributed by atoms with Gasteiger partial charge < -0.3 is 10.6 Å². The summed E-state index contributed by atoms with van der Waals surface area (Å²) in [5, 5.41) is 0. The first-order chi connectivity index (χ1) is 8.52. The lowest BCUT2D eigenvalue weighted by Gasteiger charge is -2.20. The van der Waals surface area contributed by atoms with Crippen LogP contribution in [0.5, 0.6) is 0 Å². The fraction of sp³-hybridized carbons (Fsp3) is 0.500. The number of carbonyl (C=O) groups is 1. The van der Waals surface area contributed by atoms with Crippen LogP contribution in [0.1, 0.15) is 18.9 Å². The average molecular weight is 313 g/mol. The normalized spacial score (nSPS) is 12.2. The monoisotopic (exact) mass is 312 g/mol. The summed E-state index contributed by atoms with van der Waals surface area (Å²) in [5.41, 5.74) is 6.74. The number of rotatable bonds is 6. The Morgan fingerprint density at radius 1 is 1.50 bits per heavy atom. The second-order valence-corrected chi connectivity index (χ2v) is 5.66. The molecule has 0 aromatic heterocycles. The standard InChI is InChI=1S/C14H21BrN2O/c1-11(9-16)10-17(2)14(18)7-6-12-4-3-5-13(15)8-12/h3-5,8,11H,6-7,9-10,16H2,1-2H3. The quantitative estimate of drug-likeness (QED) is 0.877. The van der Waals surface area contributed by atoms with E-state index in [-0.39, 0.29) is 5.91 Å². The van der Waals surface area contributed by atoms with Gasteiger partial charge in [0.25, 0.3) is 0 Å². The van der Waals surface area contributed by atoms with Crippen LogP contribution in [-0.4, -0.2) is 30.9 Å². The molecule has 0 bridgehead atoms. The van der Waals surface area contributed by atoms with Crippen LogP contribution in [0.2, 0.25) is 0 Å². The van der Waals surface area contributed by atoms with Crippen molar-refractivity contribution in [2.24, 2.45) is 11.7 Å². The Labute approximate surface area is 117 Å². The van der Waals surface area contributed by atoms with Crippen LogP contribution in [0.25, 0.3) is 0 Å². The van der Waals surface area contributed by atoms with Crippen LogP contribution in [-0.2, 0) is 11.2 Å². The molecule has 1 aromatic carbocycles. The van der Waals surface area contributed by atoms with E-state index >= 15 is 0 Å². The highest BCUT2D eigenvalue weighted by atomic mass is 79.9. The zero-order valence-corrected chi connectivity index (χ0v) is 12.6. The summed E-state index contributed by atoms with van der Waals surface area (Å²) in [4.78, 5) is 13.7. The summed E-state index contributed by atoms with van der Waals surface area (Å²) >= 11 is 3.43. The summed E-state index contributed by atoms with van der Waals surface area (Å²) in [6, 6.07) is 8.07. The van der Waals surface area contributed by atoms with Gasteiger partial charge in [0, 0.05) is 24.5 Å². The topological polar surface area (TPSA) is 46.3 Å². The van der Waals surface area contributed by atoms with E-state index in [9.17, 15) is 4.79 Å². The van der Waals surface area contributed by atoms with Gasteiger partial charge in [0.2, 0.25) is 5.91 Å². The number of hydrogen-bond acceptors (Lipinski definition) is 2. The number of hydrogen-bond donors (Lipinski definition) is 1. The molecule has 0 aliphatic carbocycles. The summed E-state index contributed by atoms with van der Waals surface area (Å²) in [7, 11) is 1.84. The fourth-order valence-corrected chi connectivity index (χ4v) is 2.23. The van der Waals surface area contributed by atoms with Gasteiger partial charge in [0.1, 0.15) is 0 Å². The first-order valence-electron chi connectivity index (χ1n) is 6.21. The maximum absolute atomic E-state index is 11.9. The summed E-state index contributed by atoms with van der Waals surface area (Å²) in [5.74, 6) is 0.528. The molecule has 1 aromatic rings. The van der Waals surface area contributed by atoms with Gasteiger partial charge in [-0.1, -0.05) is 35.0 Å². The van der Waals surface area contributed by atoms with Gasteiger partial charge in [0.15, 0.2) is 0 Å². The Kier molecular flexibility index (Phi) is 6.36. The highest BCUT2D eigenvalue weighted by Crippen LogP contribution is 2.13. The van der Waals surface area contributed by atoms with E-state index in [1.807, 2.05) is 25.2 Å². The lowest BCUT2D eigenvalue weighted by atomic mass is 10.1. The minimum absolute atomic E-state index is 0.176. The maximum Gasteiger partial charge on any atom is 0.222 e. The third kappa shape index (κ3) is 5.19. The highest BCUT2D eigenvalue weighted by Gasteiger charge is 2.11. The predicted molar refractivity (Wildman–Crippen MR) is 78.3 cm³/mol. The van der Waals surface area contributed by atoms with Crippen LogP contribution in [0.4, 0.5) is 0 Å². The summed E-state index contributed by atoms with van der Waals surface area (Å²) in [6.07, 6.45) is 1.32. The van der Waals surface area contributed by atoms with Gasteiger partial charge in [-0.25, -0.2) is 0 Å². The second-order valence-electron chi connectivity index (χ2n) is 4.75. The van der Waals surface area contributed by atoms with E-state index < -0.39 is 0 Å². The largest absolute Gasteiger partial charge is 0.345 e. The molecule has 1 unspecified atom stereocenters. The molecular weight excluding hydrogens is 292 g/mol. The molecule has 1 rings (SSSR count). The first-order valence-corrected chi connectivity index (χ1v) is 7.00. The number of nitrogens with zero attached hydrogens (tertiary/aromatic N) is 1. The van der Waals surface area contributed by atoms with E-state index in [4.69, 9.17) is 5.73 Å². The molecule has 0 radical (unpaired) electrons. The van der Waals surface area contributed by atoms with Crippen molar-refractivity contribution in [1.29, 1.82) is 0 Å². The van der Waals surface area contributed by atoms with Crippen LogP contribution < -0.4 is 5.73 Å². The molecular formula is C14H21BrN2O. The first kappa shape index (κ1) is 15.2. The lowest BCUT2D eigenvalue weighted by molar-refractivity contribution is -0.130.